The molecule has 3 atom stereocenters. The van der Waals surface area contributed by atoms with Crippen LogP contribution < -0.4 is 0 Å². The highest BCUT2D eigenvalue weighted by Gasteiger charge is 2.60. The Bertz CT molecular complexity index is 239. The Morgan fingerprint density at radius 2 is 2.36 bits per heavy atom. The molecule has 0 aromatic carbocycles. The molecule has 1 heteroatoms. The van der Waals surface area contributed by atoms with Crippen LogP contribution in [0.2, 0.25) is 0 Å². The Morgan fingerprint density at radius 3 is 2.91 bits per heavy atom. The van der Waals surface area contributed by atoms with Crippen molar-refractivity contribution in [3.63, 3.8) is 0 Å². The zero-order valence-electron chi connectivity index (χ0n) is 7.46. The average Bonchev–Trinajstić information content (AvgIpc) is 2.61. The van der Waals surface area contributed by atoms with Gasteiger partial charge >= 0.3 is 0 Å². The fourth-order valence-corrected chi connectivity index (χ4v) is 2.46. The van der Waals surface area contributed by atoms with Gasteiger partial charge in [-0.3, -0.25) is 4.99 Å². The molecule has 0 saturated heterocycles. The number of allylic oxidation sites excluding steroid dienone is 1. The molecule has 1 aliphatic heterocycles. The highest BCUT2D eigenvalue weighted by Crippen LogP contribution is 2.63. The van der Waals surface area contributed by atoms with Crippen LogP contribution in [0, 0.1) is 17.3 Å². The summed E-state index contributed by atoms with van der Waals surface area (Å²) in [4.78, 5) is 4.33. The standard InChI is InChI=1S/C10H15N/c1-4-10(3)8-5-6-11-7(2)9(8)10/h5-6,8-9H,4H2,1-3H3. The van der Waals surface area contributed by atoms with E-state index >= 15 is 0 Å². The van der Waals surface area contributed by atoms with Crippen LogP contribution in [-0.4, -0.2) is 5.71 Å². The van der Waals surface area contributed by atoms with Gasteiger partial charge in [0, 0.05) is 17.8 Å². The van der Waals surface area contributed by atoms with Crippen molar-refractivity contribution in [1.82, 2.24) is 0 Å². The number of fused-ring (bicyclic) bond motifs is 1. The van der Waals surface area contributed by atoms with Crippen LogP contribution >= 0.6 is 0 Å². The fourth-order valence-electron chi connectivity index (χ4n) is 2.46. The fraction of sp³-hybridized carbons (Fsp3) is 0.700. The molecule has 2 rings (SSSR count). The van der Waals surface area contributed by atoms with E-state index in [2.05, 4.69) is 31.8 Å². The molecule has 0 amide bonds. The first kappa shape index (κ1) is 7.08. The summed E-state index contributed by atoms with van der Waals surface area (Å²) in [5.41, 5.74) is 1.88. The lowest BCUT2D eigenvalue weighted by molar-refractivity contribution is 0.505. The van der Waals surface area contributed by atoms with E-state index in [0.717, 1.165) is 11.8 Å². The molecule has 0 bridgehead atoms. The molecule has 0 spiro atoms. The molecule has 1 aliphatic carbocycles. The predicted octanol–water partition coefficient (Wildman–Crippen LogP) is 2.64. The Morgan fingerprint density at radius 1 is 1.64 bits per heavy atom. The van der Waals surface area contributed by atoms with Crippen molar-refractivity contribution in [2.75, 3.05) is 0 Å². The first-order chi connectivity index (χ1) is 5.20. The number of nitrogens with zero attached hydrogens (tertiary/aromatic N) is 1. The summed E-state index contributed by atoms with van der Waals surface area (Å²) in [5.74, 6) is 1.56. The van der Waals surface area contributed by atoms with E-state index in [1.54, 1.807) is 0 Å². The first-order valence-electron chi connectivity index (χ1n) is 4.41. The highest BCUT2D eigenvalue weighted by atomic mass is 14.8. The van der Waals surface area contributed by atoms with Gasteiger partial charge in [0.2, 0.25) is 0 Å². The van der Waals surface area contributed by atoms with Gasteiger partial charge in [-0.05, 0) is 24.7 Å². The summed E-state index contributed by atoms with van der Waals surface area (Å²) in [6.45, 7) is 6.80. The molecule has 1 nitrogen and oxygen atoms in total. The van der Waals surface area contributed by atoms with Gasteiger partial charge in [0.1, 0.15) is 0 Å². The third kappa shape index (κ3) is 0.741. The summed E-state index contributed by atoms with van der Waals surface area (Å²) < 4.78 is 0. The van der Waals surface area contributed by atoms with Crippen molar-refractivity contribution >= 4 is 5.71 Å². The third-order valence-electron chi connectivity index (χ3n) is 3.51. The van der Waals surface area contributed by atoms with Gasteiger partial charge in [0.15, 0.2) is 0 Å². The van der Waals surface area contributed by atoms with Crippen LogP contribution in [-0.2, 0) is 0 Å². The molecular formula is C10H15N. The summed E-state index contributed by atoms with van der Waals surface area (Å²) in [6, 6.07) is 0. The van der Waals surface area contributed by atoms with Gasteiger partial charge in [0.05, 0.1) is 0 Å². The molecule has 0 aromatic rings. The van der Waals surface area contributed by atoms with Crippen LogP contribution in [0.5, 0.6) is 0 Å². The normalized spacial score (nSPS) is 46.6. The van der Waals surface area contributed by atoms with Crippen molar-refractivity contribution in [1.29, 1.82) is 0 Å². The van der Waals surface area contributed by atoms with Crippen LogP contribution in [0.1, 0.15) is 27.2 Å². The Labute approximate surface area is 68.2 Å². The minimum atomic E-state index is 0.542. The molecule has 1 heterocycles. The molecular weight excluding hydrogens is 134 g/mol. The zero-order chi connectivity index (χ0) is 8.06. The van der Waals surface area contributed by atoms with Crippen molar-refractivity contribution in [2.24, 2.45) is 22.2 Å². The predicted molar refractivity (Wildman–Crippen MR) is 47.6 cm³/mol. The highest BCUT2D eigenvalue weighted by molar-refractivity contribution is 5.90. The van der Waals surface area contributed by atoms with E-state index in [4.69, 9.17) is 0 Å². The lowest BCUT2D eigenvalue weighted by atomic mass is 10.0. The second-order valence-electron chi connectivity index (χ2n) is 3.97. The summed E-state index contributed by atoms with van der Waals surface area (Å²) in [5, 5.41) is 0. The van der Waals surface area contributed by atoms with Crippen LogP contribution in [0.4, 0.5) is 0 Å². The largest absolute Gasteiger partial charge is 0.266 e. The minimum Gasteiger partial charge on any atom is -0.266 e. The maximum Gasteiger partial charge on any atom is 0.0230 e. The zero-order valence-corrected chi connectivity index (χ0v) is 7.46. The van der Waals surface area contributed by atoms with E-state index in [1.807, 2.05) is 6.20 Å². The lowest BCUT2D eigenvalue weighted by Gasteiger charge is -2.04. The second kappa shape index (κ2) is 1.96. The average molecular weight is 149 g/mol. The second-order valence-corrected chi connectivity index (χ2v) is 3.97. The molecule has 3 unspecified atom stereocenters. The Hall–Kier alpha value is -0.590. The third-order valence-corrected chi connectivity index (χ3v) is 3.51. The molecule has 60 valence electrons. The summed E-state index contributed by atoms with van der Waals surface area (Å²) in [6.07, 6.45) is 5.51. The molecule has 2 aliphatic rings. The summed E-state index contributed by atoms with van der Waals surface area (Å²) >= 11 is 0. The molecule has 1 saturated carbocycles. The van der Waals surface area contributed by atoms with Crippen molar-refractivity contribution in [3.05, 3.63) is 12.3 Å². The van der Waals surface area contributed by atoms with Gasteiger partial charge in [-0.1, -0.05) is 19.9 Å². The molecule has 0 N–H and O–H groups in total. The quantitative estimate of drug-likeness (QED) is 0.543. The molecule has 0 radical (unpaired) electrons. The van der Waals surface area contributed by atoms with Gasteiger partial charge < -0.3 is 0 Å². The van der Waals surface area contributed by atoms with E-state index in [1.165, 1.54) is 12.1 Å². The SMILES string of the molecule is CCC1(C)C2C=CN=C(C)C21. The van der Waals surface area contributed by atoms with E-state index in [0.29, 0.717) is 5.41 Å². The van der Waals surface area contributed by atoms with Crippen molar-refractivity contribution in [2.45, 2.75) is 27.2 Å². The van der Waals surface area contributed by atoms with Crippen molar-refractivity contribution < 1.29 is 0 Å². The molecule has 0 aromatic heterocycles. The van der Waals surface area contributed by atoms with E-state index in [-0.39, 0.29) is 0 Å². The maximum atomic E-state index is 4.33. The molecule has 1 fully saturated rings. The first-order valence-corrected chi connectivity index (χ1v) is 4.41. The van der Waals surface area contributed by atoms with Crippen LogP contribution in [0.3, 0.4) is 0 Å². The number of rotatable bonds is 1. The van der Waals surface area contributed by atoms with Crippen LogP contribution in [0.25, 0.3) is 0 Å². The number of aliphatic imine (C=N–C) groups is 1. The monoisotopic (exact) mass is 149 g/mol. The topological polar surface area (TPSA) is 12.4 Å². The smallest absolute Gasteiger partial charge is 0.0230 e. The molecule has 11 heavy (non-hydrogen) atoms. The van der Waals surface area contributed by atoms with Crippen LogP contribution in [0.15, 0.2) is 17.3 Å². The Balaban J connectivity index is 2.27. The van der Waals surface area contributed by atoms with E-state index in [9.17, 15) is 0 Å². The summed E-state index contributed by atoms with van der Waals surface area (Å²) in [7, 11) is 0. The van der Waals surface area contributed by atoms with Gasteiger partial charge in [-0.2, -0.15) is 0 Å². The van der Waals surface area contributed by atoms with Gasteiger partial charge in [-0.15, -0.1) is 0 Å². The van der Waals surface area contributed by atoms with Gasteiger partial charge in [0.25, 0.3) is 0 Å². The Kier molecular flexibility index (Phi) is 1.26. The lowest BCUT2D eigenvalue weighted by Crippen LogP contribution is -2.03. The number of hydrogen-bond acceptors (Lipinski definition) is 1. The minimum absolute atomic E-state index is 0.542. The maximum absolute atomic E-state index is 4.33. The van der Waals surface area contributed by atoms with E-state index < -0.39 is 0 Å². The van der Waals surface area contributed by atoms with Crippen molar-refractivity contribution in [3.8, 4) is 0 Å². The van der Waals surface area contributed by atoms with Gasteiger partial charge in [-0.25, -0.2) is 0 Å². The number of hydrogen-bond donors (Lipinski definition) is 0.